The maximum atomic E-state index is 10.8. The molecular weight excluding hydrogens is 203 g/mol. The first-order valence-electron chi connectivity index (χ1n) is 3.97. The third kappa shape index (κ3) is 2.45. The second-order valence-electron chi connectivity index (χ2n) is 2.79. The lowest BCUT2D eigenvalue weighted by Crippen LogP contribution is -2.04. The Labute approximate surface area is 81.7 Å². The first kappa shape index (κ1) is 11.0. The summed E-state index contributed by atoms with van der Waals surface area (Å²) in [5.41, 5.74) is 0.696. The summed E-state index contributed by atoms with van der Waals surface area (Å²) in [6, 6.07) is 4.08. The van der Waals surface area contributed by atoms with E-state index in [2.05, 4.69) is 0 Å². The molecule has 4 nitrogen and oxygen atoms in total. The van der Waals surface area contributed by atoms with Crippen LogP contribution in [0.5, 0.6) is 5.75 Å². The summed E-state index contributed by atoms with van der Waals surface area (Å²) in [5.74, 6) is -0.381. The fourth-order valence-corrected chi connectivity index (χ4v) is 1.71. The number of benzene rings is 1. The van der Waals surface area contributed by atoms with Gasteiger partial charge in [-0.1, -0.05) is 18.2 Å². The van der Waals surface area contributed by atoms with Crippen molar-refractivity contribution in [1.29, 1.82) is 0 Å². The average Bonchev–Trinajstić information content (AvgIpc) is 2.02. The highest BCUT2D eigenvalue weighted by molar-refractivity contribution is 7.60. The number of aromatic hydroxyl groups is 1. The van der Waals surface area contributed by atoms with E-state index in [4.69, 9.17) is 9.79 Å². The van der Waals surface area contributed by atoms with Gasteiger partial charge < -0.3 is 14.9 Å². The summed E-state index contributed by atoms with van der Waals surface area (Å²) < 4.78 is 10.8. The van der Waals surface area contributed by atoms with Crippen LogP contribution < -0.4 is 5.30 Å². The molecule has 0 amide bonds. The number of hydrogen-bond acceptors (Lipinski definition) is 2. The van der Waals surface area contributed by atoms with Gasteiger partial charge in [-0.05, 0) is 24.6 Å². The molecule has 0 aliphatic heterocycles. The molecule has 5 heteroatoms. The molecule has 0 fully saturated rings. The van der Waals surface area contributed by atoms with E-state index in [1.807, 2.05) is 6.92 Å². The normalized spacial score (nSPS) is 12.2. The molecule has 0 aliphatic carbocycles. The Kier molecular flexibility index (Phi) is 3.11. The van der Waals surface area contributed by atoms with Gasteiger partial charge in [0, 0.05) is 0 Å². The molecule has 1 rings (SSSR count). The second kappa shape index (κ2) is 3.96. The molecule has 14 heavy (non-hydrogen) atoms. The van der Waals surface area contributed by atoms with E-state index in [1.165, 1.54) is 18.2 Å². The Bertz CT molecular complexity index is 405. The van der Waals surface area contributed by atoms with E-state index in [9.17, 15) is 9.67 Å². The highest BCUT2D eigenvalue weighted by Crippen LogP contribution is 2.37. The van der Waals surface area contributed by atoms with Crippen molar-refractivity contribution in [3.05, 3.63) is 29.8 Å². The number of phenols is 1. The minimum Gasteiger partial charge on any atom is -0.507 e. The quantitative estimate of drug-likeness (QED) is 0.647. The lowest BCUT2D eigenvalue weighted by molar-refractivity contribution is 0.384. The van der Waals surface area contributed by atoms with Crippen molar-refractivity contribution in [1.82, 2.24) is 0 Å². The maximum absolute atomic E-state index is 10.8. The summed E-state index contributed by atoms with van der Waals surface area (Å²) in [7, 11) is -4.37. The summed E-state index contributed by atoms with van der Waals surface area (Å²) in [4.78, 5) is 17.6. The standard InChI is InChI=1S/C9H11O4P/c1-2-3-7-4-5-9(8(10)6-7)14(11,12)13/h2-6,10H,1H3,(H2,11,12,13). The molecule has 0 saturated carbocycles. The number of allylic oxidation sites excluding steroid dienone is 1. The van der Waals surface area contributed by atoms with Gasteiger partial charge >= 0.3 is 7.60 Å². The van der Waals surface area contributed by atoms with Gasteiger partial charge in [-0.25, -0.2) is 0 Å². The van der Waals surface area contributed by atoms with E-state index < -0.39 is 7.60 Å². The van der Waals surface area contributed by atoms with Gasteiger partial charge in [-0.2, -0.15) is 0 Å². The van der Waals surface area contributed by atoms with Crippen molar-refractivity contribution in [2.75, 3.05) is 0 Å². The zero-order valence-electron chi connectivity index (χ0n) is 7.58. The first-order chi connectivity index (χ1) is 6.45. The Morgan fingerprint density at radius 1 is 1.36 bits per heavy atom. The summed E-state index contributed by atoms with van der Waals surface area (Å²) in [6.07, 6.45) is 3.50. The Hall–Kier alpha value is -1.09. The van der Waals surface area contributed by atoms with E-state index in [1.54, 1.807) is 12.2 Å². The smallest absolute Gasteiger partial charge is 0.359 e. The SMILES string of the molecule is CC=Cc1ccc(P(=O)(O)O)c(O)c1. The molecular formula is C9H11O4P. The van der Waals surface area contributed by atoms with E-state index in [0.717, 1.165) is 0 Å². The lowest BCUT2D eigenvalue weighted by atomic mass is 10.2. The average molecular weight is 214 g/mol. The zero-order valence-corrected chi connectivity index (χ0v) is 8.48. The molecule has 0 aliphatic rings. The molecule has 0 bridgehead atoms. The van der Waals surface area contributed by atoms with Crippen molar-refractivity contribution >= 4 is 19.0 Å². The Morgan fingerprint density at radius 2 is 2.00 bits per heavy atom. The molecule has 0 unspecified atom stereocenters. The van der Waals surface area contributed by atoms with Gasteiger partial charge in [-0.15, -0.1) is 0 Å². The number of phenolic OH excluding ortho intramolecular Hbond substituents is 1. The summed E-state index contributed by atoms with van der Waals surface area (Å²) in [5, 5.41) is 8.99. The van der Waals surface area contributed by atoms with Crippen LogP contribution in [0.15, 0.2) is 24.3 Å². The predicted molar refractivity (Wildman–Crippen MR) is 54.5 cm³/mol. The van der Waals surface area contributed by atoms with Crippen LogP contribution in [0.1, 0.15) is 12.5 Å². The third-order valence-electron chi connectivity index (χ3n) is 1.67. The van der Waals surface area contributed by atoms with Gasteiger partial charge in [0.05, 0.1) is 0 Å². The third-order valence-corrected chi connectivity index (χ3v) is 2.68. The van der Waals surface area contributed by atoms with Crippen LogP contribution in [0.2, 0.25) is 0 Å². The predicted octanol–water partition coefficient (Wildman–Crippen LogP) is 1.23. The van der Waals surface area contributed by atoms with Crippen LogP contribution in [0.4, 0.5) is 0 Å². The highest BCUT2D eigenvalue weighted by atomic mass is 31.2. The van der Waals surface area contributed by atoms with E-state index >= 15 is 0 Å². The highest BCUT2D eigenvalue weighted by Gasteiger charge is 2.21. The minimum atomic E-state index is -4.37. The zero-order chi connectivity index (χ0) is 10.8. The van der Waals surface area contributed by atoms with Crippen LogP contribution in [-0.4, -0.2) is 14.9 Å². The van der Waals surface area contributed by atoms with Crippen molar-refractivity contribution in [2.45, 2.75) is 6.92 Å². The van der Waals surface area contributed by atoms with Crippen LogP contribution >= 0.6 is 7.60 Å². The fraction of sp³-hybridized carbons (Fsp3) is 0.111. The van der Waals surface area contributed by atoms with Crippen LogP contribution in [0.3, 0.4) is 0 Å². The first-order valence-corrected chi connectivity index (χ1v) is 5.58. The molecule has 0 spiro atoms. The van der Waals surface area contributed by atoms with Crippen LogP contribution in [0.25, 0.3) is 6.08 Å². The lowest BCUT2D eigenvalue weighted by Gasteiger charge is -2.06. The Balaban J connectivity index is 3.21. The molecule has 3 N–H and O–H groups in total. The largest absolute Gasteiger partial charge is 0.507 e. The minimum absolute atomic E-state index is 0.342. The van der Waals surface area contributed by atoms with Gasteiger partial charge in [0.1, 0.15) is 11.1 Å². The van der Waals surface area contributed by atoms with Crippen LogP contribution in [-0.2, 0) is 4.57 Å². The monoisotopic (exact) mass is 214 g/mol. The molecule has 0 atom stereocenters. The molecule has 0 saturated heterocycles. The molecule has 0 aromatic heterocycles. The molecule has 0 heterocycles. The van der Waals surface area contributed by atoms with Crippen molar-refractivity contribution < 1.29 is 19.5 Å². The molecule has 0 radical (unpaired) electrons. The van der Waals surface area contributed by atoms with Gasteiger partial charge in [0.15, 0.2) is 0 Å². The van der Waals surface area contributed by atoms with Crippen molar-refractivity contribution in [2.24, 2.45) is 0 Å². The molecule has 1 aromatic carbocycles. The number of hydrogen-bond donors (Lipinski definition) is 3. The van der Waals surface area contributed by atoms with Gasteiger partial charge in [-0.3, -0.25) is 4.57 Å². The maximum Gasteiger partial charge on any atom is 0.359 e. The Morgan fingerprint density at radius 3 is 2.43 bits per heavy atom. The summed E-state index contributed by atoms with van der Waals surface area (Å²) in [6.45, 7) is 1.81. The van der Waals surface area contributed by atoms with Crippen molar-refractivity contribution in [3.63, 3.8) is 0 Å². The molecule has 76 valence electrons. The second-order valence-corrected chi connectivity index (χ2v) is 4.36. The van der Waals surface area contributed by atoms with Gasteiger partial charge in [0.25, 0.3) is 0 Å². The van der Waals surface area contributed by atoms with E-state index in [-0.39, 0.29) is 11.1 Å². The summed E-state index contributed by atoms with van der Waals surface area (Å²) >= 11 is 0. The molecule has 1 aromatic rings. The number of rotatable bonds is 2. The van der Waals surface area contributed by atoms with E-state index in [0.29, 0.717) is 5.56 Å². The van der Waals surface area contributed by atoms with Crippen LogP contribution in [0, 0.1) is 0 Å². The van der Waals surface area contributed by atoms with Crippen molar-refractivity contribution in [3.8, 4) is 5.75 Å². The van der Waals surface area contributed by atoms with Gasteiger partial charge in [0.2, 0.25) is 0 Å². The topological polar surface area (TPSA) is 77.8 Å². The fourth-order valence-electron chi connectivity index (χ4n) is 1.08.